The van der Waals surface area contributed by atoms with Crippen LogP contribution in [0.5, 0.6) is 0 Å². The van der Waals surface area contributed by atoms with E-state index in [0.29, 0.717) is 11.7 Å². The molecule has 3 aliphatic carbocycles. The first-order valence-electron chi connectivity index (χ1n) is 6.41. The predicted octanol–water partition coefficient (Wildman–Crippen LogP) is 2.22. The fourth-order valence-electron chi connectivity index (χ4n) is 5.30. The minimum atomic E-state index is 0.158. The topological polar surface area (TPSA) is 18.5 Å². The largest absolute Gasteiger partial charge is 0.375 e. The van der Waals surface area contributed by atoms with E-state index in [2.05, 4.69) is 20.8 Å². The summed E-state index contributed by atoms with van der Waals surface area (Å²) in [7, 11) is 0. The van der Waals surface area contributed by atoms with Gasteiger partial charge in [0, 0.05) is 12.5 Å². The van der Waals surface area contributed by atoms with E-state index >= 15 is 0 Å². The highest BCUT2D eigenvalue weighted by molar-refractivity contribution is 5.28. The summed E-state index contributed by atoms with van der Waals surface area (Å²) in [6, 6.07) is 0. The van der Waals surface area contributed by atoms with Crippen LogP contribution in [0.3, 0.4) is 0 Å². The number of hydrogen-bond donors (Lipinski definition) is 0. The van der Waals surface area contributed by atoms with Crippen LogP contribution in [-0.4, -0.2) is 23.9 Å². The van der Waals surface area contributed by atoms with E-state index in [-0.39, 0.29) is 5.60 Å². The quantitative estimate of drug-likeness (QED) is 0.693. The Labute approximate surface area is 91.3 Å². The molecule has 0 N–H and O–H groups in total. The van der Waals surface area contributed by atoms with E-state index in [0.717, 1.165) is 30.3 Å². The molecule has 0 aromatic carbocycles. The Morgan fingerprint density at radius 1 is 1.20 bits per heavy atom. The highest BCUT2D eigenvalue weighted by Gasteiger charge is 2.80. The van der Waals surface area contributed by atoms with Crippen LogP contribution in [0.25, 0.3) is 0 Å². The molecule has 0 radical (unpaired) electrons. The fourth-order valence-corrected chi connectivity index (χ4v) is 5.30. The first-order valence-corrected chi connectivity index (χ1v) is 6.41. The molecular formula is C13H20O2. The van der Waals surface area contributed by atoms with Crippen molar-refractivity contribution >= 4 is 0 Å². The van der Waals surface area contributed by atoms with Gasteiger partial charge in [-0.1, -0.05) is 0 Å². The van der Waals surface area contributed by atoms with Crippen molar-refractivity contribution in [3.05, 3.63) is 0 Å². The normalized spacial score (nSPS) is 62.2. The van der Waals surface area contributed by atoms with Crippen molar-refractivity contribution in [3.63, 3.8) is 0 Å². The average Bonchev–Trinajstić information content (AvgIpc) is 2.22. The van der Waals surface area contributed by atoms with Gasteiger partial charge >= 0.3 is 0 Å². The Morgan fingerprint density at radius 2 is 1.93 bits per heavy atom. The molecule has 0 bridgehead atoms. The molecule has 6 atom stereocenters. The molecule has 4 rings (SSSR count). The molecule has 6 unspecified atom stereocenters. The molecule has 1 aliphatic heterocycles. The molecular weight excluding hydrogens is 188 g/mol. The Balaban J connectivity index is 1.61. The van der Waals surface area contributed by atoms with Gasteiger partial charge in [0.25, 0.3) is 0 Å². The smallest absolute Gasteiger partial charge is 0.0723 e. The second-order valence-corrected chi connectivity index (χ2v) is 6.47. The van der Waals surface area contributed by atoms with Gasteiger partial charge in [0.1, 0.15) is 0 Å². The summed E-state index contributed by atoms with van der Waals surface area (Å²) in [5.41, 5.74) is 0.464. The van der Waals surface area contributed by atoms with Crippen LogP contribution in [0.15, 0.2) is 0 Å². The van der Waals surface area contributed by atoms with Gasteiger partial charge < -0.3 is 9.47 Å². The molecule has 2 heteroatoms. The maximum absolute atomic E-state index is 6.05. The van der Waals surface area contributed by atoms with Crippen molar-refractivity contribution in [2.75, 3.05) is 6.61 Å². The van der Waals surface area contributed by atoms with Crippen LogP contribution >= 0.6 is 0 Å². The zero-order valence-corrected chi connectivity index (χ0v) is 9.82. The van der Waals surface area contributed by atoms with Crippen LogP contribution < -0.4 is 0 Å². The first kappa shape index (κ1) is 9.00. The summed E-state index contributed by atoms with van der Waals surface area (Å²) in [4.78, 5) is 0. The Bertz CT molecular complexity index is 324. The van der Waals surface area contributed by atoms with E-state index in [1.54, 1.807) is 0 Å². The first-order chi connectivity index (χ1) is 7.09. The molecule has 1 saturated heterocycles. The number of rotatable bonds is 2. The van der Waals surface area contributed by atoms with Gasteiger partial charge in [0.2, 0.25) is 0 Å². The SMILES string of the molecule is CCOC12CC3C4OC(C)(C)C4C(C1)C32. The molecule has 4 fully saturated rings. The minimum absolute atomic E-state index is 0.158. The van der Waals surface area contributed by atoms with Gasteiger partial charge in [-0.05, 0) is 51.4 Å². The highest BCUT2D eigenvalue weighted by atomic mass is 16.5. The molecule has 84 valence electrons. The van der Waals surface area contributed by atoms with Gasteiger partial charge in [-0.2, -0.15) is 0 Å². The third kappa shape index (κ3) is 0.763. The second-order valence-electron chi connectivity index (χ2n) is 6.47. The zero-order valence-electron chi connectivity index (χ0n) is 9.82. The fraction of sp³-hybridized carbons (Fsp3) is 1.00. The third-order valence-corrected chi connectivity index (χ3v) is 5.60. The third-order valence-electron chi connectivity index (χ3n) is 5.60. The monoisotopic (exact) mass is 208 g/mol. The predicted molar refractivity (Wildman–Crippen MR) is 56.5 cm³/mol. The number of hydrogen-bond acceptors (Lipinski definition) is 2. The van der Waals surface area contributed by atoms with Gasteiger partial charge in [-0.25, -0.2) is 0 Å². The lowest BCUT2D eigenvalue weighted by molar-refractivity contribution is -0.254. The molecule has 0 spiro atoms. The van der Waals surface area contributed by atoms with Crippen molar-refractivity contribution in [2.24, 2.45) is 23.7 Å². The molecule has 2 nitrogen and oxygen atoms in total. The summed E-state index contributed by atoms with van der Waals surface area (Å²) in [6.07, 6.45) is 3.18. The average molecular weight is 208 g/mol. The van der Waals surface area contributed by atoms with Crippen LogP contribution in [-0.2, 0) is 9.47 Å². The molecule has 0 amide bonds. The van der Waals surface area contributed by atoms with E-state index in [1.165, 1.54) is 12.8 Å². The van der Waals surface area contributed by atoms with Crippen LogP contribution in [0.4, 0.5) is 0 Å². The van der Waals surface area contributed by atoms with E-state index in [1.807, 2.05) is 0 Å². The summed E-state index contributed by atoms with van der Waals surface area (Å²) in [6.45, 7) is 7.54. The summed E-state index contributed by atoms with van der Waals surface area (Å²) in [5.74, 6) is 3.45. The Kier molecular flexibility index (Phi) is 1.37. The van der Waals surface area contributed by atoms with Crippen LogP contribution in [0, 0.1) is 23.7 Å². The Morgan fingerprint density at radius 3 is 2.60 bits per heavy atom. The number of fused-ring (bicyclic) bond motifs is 3. The highest BCUT2D eigenvalue weighted by Crippen LogP contribution is 2.76. The van der Waals surface area contributed by atoms with Gasteiger partial charge in [0.05, 0.1) is 17.3 Å². The summed E-state index contributed by atoms with van der Waals surface area (Å²) in [5, 5.41) is 0. The summed E-state index contributed by atoms with van der Waals surface area (Å²) < 4.78 is 12.0. The van der Waals surface area contributed by atoms with Gasteiger partial charge in [-0.15, -0.1) is 0 Å². The van der Waals surface area contributed by atoms with Crippen molar-refractivity contribution < 1.29 is 9.47 Å². The molecule has 0 aromatic heterocycles. The van der Waals surface area contributed by atoms with E-state index in [9.17, 15) is 0 Å². The standard InChI is InChI=1S/C13H20O2/c1-4-14-13-5-7-9(13)8(6-13)11-10(7)12(2,3)15-11/h7-11H,4-6H2,1-3H3. The molecule has 3 saturated carbocycles. The van der Waals surface area contributed by atoms with Crippen LogP contribution in [0.1, 0.15) is 33.6 Å². The maximum Gasteiger partial charge on any atom is 0.0723 e. The van der Waals surface area contributed by atoms with Crippen molar-refractivity contribution in [1.82, 2.24) is 0 Å². The minimum Gasteiger partial charge on any atom is -0.375 e. The molecule has 1 heterocycles. The van der Waals surface area contributed by atoms with E-state index < -0.39 is 0 Å². The van der Waals surface area contributed by atoms with Crippen molar-refractivity contribution in [3.8, 4) is 0 Å². The lowest BCUT2D eigenvalue weighted by atomic mass is 9.47. The van der Waals surface area contributed by atoms with E-state index in [4.69, 9.17) is 9.47 Å². The van der Waals surface area contributed by atoms with Gasteiger partial charge in [0.15, 0.2) is 0 Å². The Hall–Kier alpha value is -0.0800. The molecule has 4 aliphatic rings. The number of ether oxygens (including phenoxy) is 2. The van der Waals surface area contributed by atoms with Crippen LogP contribution in [0.2, 0.25) is 0 Å². The lowest BCUT2D eigenvalue weighted by Gasteiger charge is -2.63. The molecule has 0 aromatic rings. The lowest BCUT2D eigenvalue weighted by Crippen LogP contribution is -2.65. The molecule has 15 heavy (non-hydrogen) atoms. The summed E-state index contributed by atoms with van der Waals surface area (Å²) >= 11 is 0. The van der Waals surface area contributed by atoms with Crippen molar-refractivity contribution in [1.29, 1.82) is 0 Å². The zero-order chi connectivity index (χ0) is 10.4. The second kappa shape index (κ2) is 2.28. The maximum atomic E-state index is 6.05. The van der Waals surface area contributed by atoms with Gasteiger partial charge in [-0.3, -0.25) is 0 Å². The van der Waals surface area contributed by atoms with Crippen molar-refractivity contribution in [2.45, 2.75) is 50.9 Å².